The fraction of sp³-hybridized carbons (Fsp3) is 0.214. The maximum Gasteiger partial charge on any atom is 0.331 e. The number of ether oxygens (including phenoxy) is 1. The highest BCUT2D eigenvalue weighted by atomic mass is 35.5. The molecule has 0 aliphatic rings. The summed E-state index contributed by atoms with van der Waals surface area (Å²) in [7, 11) is 0. The first-order chi connectivity index (χ1) is 9.94. The van der Waals surface area contributed by atoms with Crippen LogP contribution in [0, 0.1) is 0 Å². The highest BCUT2D eigenvalue weighted by Crippen LogP contribution is 2.24. The van der Waals surface area contributed by atoms with Gasteiger partial charge in [-0.2, -0.15) is 5.10 Å². The fourth-order valence-corrected chi connectivity index (χ4v) is 2.11. The number of carbonyl (C=O) groups excluding carboxylic acids is 1. The Morgan fingerprint density at radius 1 is 1.29 bits per heavy atom. The number of carbonyl (C=O) groups is 1. The Balaban J connectivity index is 2.14. The summed E-state index contributed by atoms with van der Waals surface area (Å²) >= 11 is 11.9. The first-order valence-corrected chi connectivity index (χ1v) is 6.97. The van der Waals surface area contributed by atoms with Crippen molar-refractivity contribution in [1.29, 1.82) is 0 Å². The van der Waals surface area contributed by atoms with Gasteiger partial charge in [-0.25, -0.2) is 9.78 Å². The van der Waals surface area contributed by atoms with Gasteiger partial charge in [-0.15, -0.1) is 0 Å². The number of hydrogen-bond acceptors (Lipinski definition) is 4. The van der Waals surface area contributed by atoms with E-state index in [9.17, 15) is 4.79 Å². The standard InChI is InChI=1S/C14H13Cl2N3O2/c1-8(2)21-13(20)4-3-12-17-14(19-18-12)9-5-10(15)7-11(16)6-9/h3-8H,1-2H3,(H,17,18,19). The first kappa shape index (κ1) is 15.5. The van der Waals surface area contributed by atoms with Gasteiger partial charge in [0, 0.05) is 21.7 Å². The first-order valence-electron chi connectivity index (χ1n) is 6.21. The van der Waals surface area contributed by atoms with Crippen molar-refractivity contribution in [2.45, 2.75) is 20.0 Å². The van der Waals surface area contributed by atoms with Crippen molar-refractivity contribution in [1.82, 2.24) is 15.2 Å². The topological polar surface area (TPSA) is 67.9 Å². The van der Waals surface area contributed by atoms with Gasteiger partial charge in [-0.05, 0) is 38.1 Å². The molecule has 0 atom stereocenters. The van der Waals surface area contributed by atoms with E-state index >= 15 is 0 Å². The van der Waals surface area contributed by atoms with Crippen LogP contribution in [0.25, 0.3) is 17.5 Å². The molecule has 0 unspecified atom stereocenters. The Hall–Kier alpha value is -1.85. The van der Waals surface area contributed by atoms with Gasteiger partial charge in [0.1, 0.15) is 5.82 Å². The predicted octanol–water partition coefficient (Wildman–Crippen LogP) is 3.74. The Morgan fingerprint density at radius 2 is 1.95 bits per heavy atom. The van der Waals surface area contributed by atoms with Crippen molar-refractivity contribution in [3.8, 4) is 11.4 Å². The van der Waals surface area contributed by atoms with E-state index in [1.807, 2.05) is 0 Å². The molecule has 0 aliphatic carbocycles. The van der Waals surface area contributed by atoms with Crippen LogP contribution in [0.1, 0.15) is 19.7 Å². The molecular formula is C14H13Cl2N3O2. The highest BCUT2D eigenvalue weighted by Gasteiger charge is 2.07. The van der Waals surface area contributed by atoms with Crippen LogP contribution < -0.4 is 0 Å². The molecular weight excluding hydrogens is 313 g/mol. The Morgan fingerprint density at radius 3 is 2.57 bits per heavy atom. The largest absolute Gasteiger partial charge is 0.460 e. The van der Waals surface area contributed by atoms with E-state index in [1.165, 1.54) is 12.2 Å². The number of rotatable bonds is 4. The summed E-state index contributed by atoms with van der Waals surface area (Å²) in [6.45, 7) is 3.56. The summed E-state index contributed by atoms with van der Waals surface area (Å²) < 4.78 is 4.97. The molecule has 110 valence electrons. The van der Waals surface area contributed by atoms with Gasteiger partial charge in [0.25, 0.3) is 0 Å². The number of benzene rings is 1. The fourth-order valence-electron chi connectivity index (χ4n) is 1.58. The maximum atomic E-state index is 11.4. The SMILES string of the molecule is CC(C)OC(=O)C=Cc1nc(-c2cc(Cl)cc(Cl)c2)n[nH]1. The van der Waals surface area contributed by atoms with Crippen LogP contribution in [0.3, 0.4) is 0 Å². The normalized spacial score (nSPS) is 11.3. The maximum absolute atomic E-state index is 11.4. The molecule has 0 amide bonds. The van der Waals surface area contributed by atoms with Gasteiger partial charge in [-0.3, -0.25) is 5.10 Å². The number of hydrogen-bond donors (Lipinski definition) is 1. The number of aromatic amines is 1. The molecule has 0 saturated carbocycles. The molecule has 0 saturated heterocycles. The van der Waals surface area contributed by atoms with Crippen LogP contribution in [-0.2, 0) is 9.53 Å². The number of nitrogens with one attached hydrogen (secondary N) is 1. The average Bonchev–Trinajstić information content (AvgIpc) is 2.83. The van der Waals surface area contributed by atoms with Crippen LogP contribution in [0.5, 0.6) is 0 Å². The van der Waals surface area contributed by atoms with Crippen molar-refractivity contribution in [3.05, 3.63) is 40.1 Å². The third-order valence-corrected chi connectivity index (χ3v) is 2.79. The summed E-state index contributed by atoms with van der Waals surface area (Å²) in [5.74, 6) is 0.437. The molecule has 1 aromatic carbocycles. The molecule has 0 bridgehead atoms. The van der Waals surface area contributed by atoms with E-state index in [4.69, 9.17) is 27.9 Å². The molecule has 2 rings (SSSR count). The van der Waals surface area contributed by atoms with Crippen LogP contribution in [-0.4, -0.2) is 27.3 Å². The van der Waals surface area contributed by atoms with Crippen LogP contribution in [0.4, 0.5) is 0 Å². The Bertz CT molecular complexity index is 660. The van der Waals surface area contributed by atoms with Gasteiger partial charge in [0.05, 0.1) is 6.10 Å². The third-order valence-electron chi connectivity index (χ3n) is 2.35. The summed E-state index contributed by atoms with van der Waals surface area (Å²) in [5.41, 5.74) is 0.688. The number of aromatic nitrogens is 3. The van der Waals surface area contributed by atoms with Crippen LogP contribution >= 0.6 is 23.2 Å². The zero-order chi connectivity index (χ0) is 15.4. The van der Waals surface area contributed by atoms with Crippen LogP contribution in [0.2, 0.25) is 10.0 Å². The Labute approximate surface area is 131 Å². The average molecular weight is 326 g/mol. The van der Waals surface area contributed by atoms with E-state index in [-0.39, 0.29) is 6.10 Å². The van der Waals surface area contributed by atoms with Crippen molar-refractivity contribution in [2.75, 3.05) is 0 Å². The molecule has 21 heavy (non-hydrogen) atoms. The molecule has 0 fully saturated rings. The number of halogens is 2. The third kappa shape index (κ3) is 4.58. The number of nitrogens with zero attached hydrogens (tertiary/aromatic N) is 2. The van der Waals surface area contributed by atoms with Crippen LogP contribution in [0.15, 0.2) is 24.3 Å². The summed E-state index contributed by atoms with van der Waals surface area (Å²) in [6, 6.07) is 5.04. The second-order valence-electron chi connectivity index (χ2n) is 4.52. The zero-order valence-corrected chi connectivity index (χ0v) is 12.9. The molecule has 1 heterocycles. The lowest BCUT2D eigenvalue weighted by atomic mass is 10.2. The lowest BCUT2D eigenvalue weighted by Crippen LogP contribution is -2.08. The van der Waals surface area contributed by atoms with Crippen molar-refractivity contribution >= 4 is 35.2 Å². The minimum Gasteiger partial charge on any atom is -0.460 e. The summed E-state index contributed by atoms with van der Waals surface area (Å²) in [4.78, 5) is 15.6. The van der Waals surface area contributed by atoms with E-state index < -0.39 is 5.97 Å². The van der Waals surface area contributed by atoms with Gasteiger partial charge >= 0.3 is 5.97 Å². The van der Waals surface area contributed by atoms with E-state index in [0.29, 0.717) is 27.3 Å². The predicted molar refractivity (Wildman–Crippen MR) is 82.1 cm³/mol. The summed E-state index contributed by atoms with van der Waals surface area (Å²) in [6.07, 6.45) is 2.61. The number of esters is 1. The minimum absolute atomic E-state index is 0.166. The van der Waals surface area contributed by atoms with E-state index in [2.05, 4.69) is 15.2 Å². The summed E-state index contributed by atoms with van der Waals surface area (Å²) in [5, 5.41) is 7.76. The second-order valence-corrected chi connectivity index (χ2v) is 5.39. The molecule has 0 spiro atoms. The van der Waals surface area contributed by atoms with Gasteiger partial charge < -0.3 is 4.74 Å². The van der Waals surface area contributed by atoms with Crippen molar-refractivity contribution in [3.63, 3.8) is 0 Å². The molecule has 1 aromatic heterocycles. The second kappa shape index (κ2) is 6.74. The van der Waals surface area contributed by atoms with Gasteiger partial charge in [0.15, 0.2) is 5.82 Å². The highest BCUT2D eigenvalue weighted by molar-refractivity contribution is 6.35. The van der Waals surface area contributed by atoms with Crippen molar-refractivity contribution < 1.29 is 9.53 Å². The molecule has 2 aromatic rings. The van der Waals surface area contributed by atoms with E-state index in [0.717, 1.165) is 0 Å². The monoisotopic (exact) mass is 325 g/mol. The Kier molecular flexibility index (Phi) is 4.98. The van der Waals surface area contributed by atoms with Crippen molar-refractivity contribution in [2.24, 2.45) is 0 Å². The smallest absolute Gasteiger partial charge is 0.331 e. The molecule has 5 nitrogen and oxygen atoms in total. The molecule has 0 radical (unpaired) electrons. The van der Waals surface area contributed by atoms with Gasteiger partial charge in [-0.1, -0.05) is 23.2 Å². The minimum atomic E-state index is -0.436. The van der Waals surface area contributed by atoms with Gasteiger partial charge in [0.2, 0.25) is 0 Å². The lowest BCUT2D eigenvalue weighted by molar-refractivity contribution is -0.141. The molecule has 1 N–H and O–H groups in total. The number of H-pyrrole nitrogens is 1. The molecule has 7 heteroatoms. The molecule has 0 aliphatic heterocycles. The quantitative estimate of drug-likeness (QED) is 0.686. The zero-order valence-electron chi connectivity index (χ0n) is 11.4. The van der Waals surface area contributed by atoms with E-state index in [1.54, 1.807) is 32.0 Å². The lowest BCUT2D eigenvalue weighted by Gasteiger charge is -2.03.